The summed E-state index contributed by atoms with van der Waals surface area (Å²) in [5.41, 5.74) is 1.91. The van der Waals surface area contributed by atoms with Gasteiger partial charge in [-0.05, 0) is 37.3 Å². The molecule has 1 aliphatic rings. The lowest BCUT2D eigenvalue weighted by Gasteiger charge is -2.19. The number of esters is 1. The van der Waals surface area contributed by atoms with Gasteiger partial charge in [-0.3, -0.25) is 9.69 Å². The number of hydrogen-bond donors (Lipinski definition) is 0. The molecule has 0 aromatic heterocycles. The fourth-order valence-electron chi connectivity index (χ4n) is 3.20. The van der Waals surface area contributed by atoms with Crippen LogP contribution in [0.5, 0.6) is 11.5 Å². The van der Waals surface area contributed by atoms with Crippen LogP contribution in [0.25, 0.3) is 6.08 Å². The van der Waals surface area contributed by atoms with Gasteiger partial charge in [-0.15, -0.1) is 0 Å². The standard InChI is InChI=1S/C22H20ClNO5/c1-13-20(22(26)29-4)16(11-14-9-10-15(27-2)12-19(14)28-3)21(25)24(13)18-8-6-5-7-17(18)23/h5-12H,1-4H3/b16-11-. The Morgan fingerprint density at radius 2 is 1.79 bits per heavy atom. The number of rotatable bonds is 5. The van der Waals surface area contributed by atoms with Gasteiger partial charge >= 0.3 is 5.97 Å². The lowest BCUT2D eigenvalue weighted by molar-refractivity contribution is -0.136. The number of methoxy groups -OCH3 is 3. The molecule has 150 valence electrons. The lowest BCUT2D eigenvalue weighted by Crippen LogP contribution is -2.24. The zero-order valence-electron chi connectivity index (χ0n) is 16.5. The first-order chi connectivity index (χ1) is 13.9. The van der Waals surface area contributed by atoms with Crippen LogP contribution in [0.2, 0.25) is 5.02 Å². The van der Waals surface area contributed by atoms with Crippen LogP contribution >= 0.6 is 11.6 Å². The van der Waals surface area contributed by atoms with E-state index in [1.54, 1.807) is 62.6 Å². The van der Waals surface area contributed by atoms with Crippen molar-refractivity contribution in [3.63, 3.8) is 0 Å². The summed E-state index contributed by atoms with van der Waals surface area (Å²) in [6.45, 7) is 1.68. The highest BCUT2D eigenvalue weighted by Gasteiger charge is 2.38. The van der Waals surface area contributed by atoms with Crippen LogP contribution in [-0.4, -0.2) is 33.2 Å². The summed E-state index contributed by atoms with van der Waals surface area (Å²) in [5, 5.41) is 0.396. The van der Waals surface area contributed by atoms with Gasteiger partial charge in [0.05, 0.1) is 43.2 Å². The highest BCUT2D eigenvalue weighted by Crippen LogP contribution is 2.39. The SMILES string of the molecule is COC(=O)C1=C(C)N(c2ccccc2Cl)C(=O)/C1=C\c1ccc(OC)cc1OC. The number of anilines is 1. The smallest absolute Gasteiger partial charge is 0.340 e. The van der Waals surface area contributed by atoms with Crippen LogP contribution in [0.15, 0.2) is 59.3 Å². The van der Waals surface area contributed by atoms with Crippen LogP contribution < -0.4 is 14.4 Å². The van der Waals surface area contributed by atoms with Gasteiger partial charge in [0.15, 0.2) is 0 Å². The summed E-state index contributed by atoms with van der Waals surface area (Å²) >= 11 is 6.30. The first-order valence-electron chi connectivity index (χ1n) is 8.75. The number of carbonyl (C=O) groups excluding carboxylic acids is 2. The quantitative estimate of drug-likeness (QED) is 0.542. The minimum absolute atomic E-state index is 0.176. The molecule has 29 heavy (non-hydrogen) atoms. The molecule has 0 saturated heterocycles. The summed E-state index contributed by atoms with van der Waals surface area (Å²) in [7, 11) is 4.35. The van der Waals surface area contributed by atoms with Crippen LogP contribution in [0.4, 0.5) is 5.69 Å². The topological polar surface area (TPSA) is 65.1 Å². The highest BCUT2D eigenvalue weighted by atomic mass is 35.5. The molecule has 0 aliphatic carbocycles. The van der Waals surface area contributed by atoms with E-state index in [9.17, 15) is 9.59 Å². The average molecular weight is 414 g/mol. The Morgan fingerprint density at radius 1 is 1.07 bits per heavy atom. The van der Waals surface area contributed by atoms with Crippen LogP contribution in [0, 0.1) is 0 Å². The van der Waals surface area contributed by atoms with Gasteiger partial charge in [-0.1, -0.05) is 23.7 Å². The summed E-state index contributed by atoms with van der Waals surface area (Å²) in [4.78, 5) is 27.2. The highest BCUT2D eigenvalue weighted by molar-refractivity contribution is 6.35. The minimum Gasteiger partial charge on any atom is -0.497 e. The number of carbonyl (C=O) groups is 2. The molecule has 3 rings (SSSR count). The maximum absolute atomic E-state index is 13.3. The Balaban J connectivity index is 2.18. The number of hydrogen-bond acceptors (Lipinski definition) is 5. The Hall–Kier alpha value is -3.25. The normalized spacial score (nSPS) is 15.1. The number of ether oxygens (including phenoxy) is 3. The van der Waals surface area contributed by atoms with Crippen molar-refractivity contribution in [1.29, 1.82) is 0 Å². The molecule has 0 radical (unpaired) electrons. The number of nitrogens with zero attached hydrogens (tertiary/aromatic N) is 1. The van der Waals surface area contributed by atoms with E-state index < -0.39 is 5.97 Å². The minimum atomic E-state index is -0.607. The number of allylic oxidation sites excluding steroid dienone is 1. The Morgan fingerprint density at radius 3 is 2.41 bits per heavy atom. The molecule has 0 bridgehead atoms. The van der Waals surface area contributed by atoms with E-state index in [0.717, 1.165) is 0 Å². The third-order valence-electron chi connectivity index (χ3n) is 4.62. The van der Waals surface area contributed by atoms with Gasteiger partial charge in [0.1, 0.15) is 11.5 Å². The van der Waals surface area contributed by atoms with Crippen LogP contribution in [-0.2, 0) is 14.3 Å². The molecular formula is C22H20ClNO5. The van der Waals surface area contributed by atoms with E-state index in [4.69, 9.17) is 25.8 Å². The van der Waals surface area contributed by atoms with Crippen molar-refractivity contribution in [2.24, 2.45) is 0 Å². The molecular weight excluding hydrogens is 394 g/mol. The number of para-hydroxylation sites is 1. The fourth-order valence-corrected chi connectivity index (χ4v) is 3.42. The molecule has 0 unspecified atom stereocenters. The molecule has 1 aliphatic heterocycles. The van der Waals surface area contributed by atoms with E-state index >= 15 is 0 Å². The third kappa shape index (κ3) is 3.71. The van der Waals surface area contributed by atoms with Crippen molar-refractivity contribution >= 4 is 35.2 Å². The summed E-state index contributed by atoms with van der Waals surface area (Å²) in [6, 6.07) is 12.1. The van der Waals surface area contributed by atoms with E-state index in [0.29, 0.717) is 33.5 Å². The molecule has 0 saturated carbocycles. The van der Waals surface area contributed by atoms with Crippen molar-refractivity contribution in [1.82, 2.24) is 0 Å². The number of amides is 1. The first-order valence-corrected chi connectivity index (χ1v) is 9.13. The van der Waals surface area contributed by atoms with Crippen LogP contribution in [0.1, 0.15) is 12.5 Å². The van der Waals surface area contributed by atoms with E-state index in [1.807, 2.05) is 0 Å². The van der Waals surface area contributed by atoms with Crippen molar-refractivity contribution in [2.45, 2.75) is 6.92 Å². The summed E-state index contributed by atoms with van der Waals surface area (Å²) < 4.78 is 15.5. The Labute approximate surface area is 173 Å². The second-order valence-corrected chi connectivity index (χ2v) is 6.62. The van der Waals surface area contributed by atoms with Gasteiger partial charge in [0, 0.05) is 17.3 Å². The van der Waals surface area contributed by atoms with Gasteiger partial charge < -0.3 is 14.2 Å². The fraction of sp³-hybridized carbons (Fsp3) is 0.182. The van der Waals surface area contributed by atoms with Gasteiger partial charge in [0.25, 0.3) is 5.91 Å². The predicted octanol–water partition coefficient (Wildman–Crippen LogP) is 4.23. The van der Waals surface area contributed by atoms with Crippen molar-refractivity contribution in [3.8, 4) is 11.5 Å². The first kappa shape index (κ1) is 20.5. The molecule has 2 aromatic carbocycles. The summed E-state index contributed by atoms with van der Waals surface area (Å²) in [6.07, 6.45) is 1.60. The Kier molecular flexibility index (Phi) is 5.94. The molecule has 0 atom stereocenters. The number of benzene rings is 2. The lowest BCUT2D eigenvalue weighted by atomic mass is 10.0. The zero-order valence-corrected chi connectivity index (χ0v) is 17.2. The van der Waals surface area contributed by atoms with Crippen LogP contribution in [0.3, 0.4) is 0 Å². The average Bonchev–Trinajstić information content (AvgIpc) is 2.97. The molecule has 7 heteroatoms. The Bertz CT molecular complexity index is 1040. The molecule has 6 nitrogen and oxygen atoms in total. The molecule has 0 N–H and O–H groups in total. The maximum atomic E-state index is 13.3. The van der Waals surface area contributed by atoms with Crippen molar-refractivity contribution in [2.75, 3.05) is 26.2 Å². The van der Waals surface area contributed by atoms with Crippen molar-refractivity contribution in [3.05, 3.63) is 69.9 Å². The molecule has 1 amide bonds. The van der Waals surface area contributed by atoms with E-state index in [1.165, 1.54) is 19.1 Å². The molecule has 0 spiro atoms. The second-order valence-electron chi connectivity index (χ2n) is 6.21. The van der Waals surface area contributed by atoms with Gasteiger partial charge in [-0.2, -0.15) is 0 Å². The monoisotopic (exact) mass is 413 g/mol. The van der Waals surface area contributed by atoms with E-state index in [2.05, 4.69) is 0 Å². The number of halogens is 1. The van der Waals surface area contributed by atoms with Gasteiger partial charge in [-0.25, -0.2) is 4.79 Å². The molecule has 2 aromatic rings. The largest absolute Gasteiger partial charge is 0.497 e. The van der Waals surface area contributed by atoms with Crippen molar-refractivity contribution < 1.29 is 23.8 Å². The van der Waals surface area contributed by atoms with Gasteiger partial charge in [0.2, 0.25) is 0 Å². The predicted molar refractivity (Wildman–Crippen MR) is 111 cm³/mol. The molecule has 1 heterocycles. The molecule has 0 fully saturated rings. The second kappa shape index (κ2) is 8.41. The van der Waals surface area contributed by atoms with E-state index in [-0.39, 0.29) is 17.1 Å². The zero-order chi connectivity index (χ0) is 21.1. The summed E-state index contributed by atoms with van der Waals surface area (Å²) in [5.74, 6) is 0.125. The maximum Gasteiger partial charge on any atom is 0.340 e. The third-order valence-corrected chi connectivity index (χ3v) is 4.94.